The molecular weight excluding hydrogens is 342 g/mol. The minimum Gasteiger partial charge on any atom is -0.496 e. The summed E-state index contributed by atoms with van der Waals surface area (Å²) in [6.45, 7) is 5.45. The van der Waals surface area contributed by atoms with Gasteiger partial charge in [0.25, 0.3) is 0 Å². The summed E-state index contributed by atoms with van der Waals surface area (Å²) < 4.78 is 10.9. The fourth-order valence-corrected chi connectivity index (χ4v) is 3.27. The highest BCUT2D eigenvalue weighted by molar-refractivity contribution is 5.80. The molecule has 27 heavy (non-hydrogen) atoms. The van der Waals surface area contributed by atoms with Gasteiger partial charge in [-0.25, -0.2) is 4.99 Å². The molecule has 3 rings (SSSR count). The normalized spacial score (nSPS) is 17.9. The third-order valence-corrected chi connectivity index (χ3v) is 5.07. The van der Waals surface area contributed by atoms with Gasteiger partial charge in [-0.15, -0.1) is 0 Å². The Bertz CT molecular complexity index is 765. The second kappa shape index (κ2) is 8.05. The number of nitrogens with zero attached hydrogens (tertiary/aromatic N) is 1. The van der Waals surface area contributed by atoms with Crippen LogP contribution in [0, 0.1) is 0 Å². The lowest BCUT2D eigenvalue weighted by Gasteiger charge is -2.22. The van der Waals surface area contributed by atoms with E-state index in [0.717, 1.165) is 31.7 Å². The van der Waals surface area contributed by atoms with Gasteiger partial charge in [0.1, 0.15) is 17.1 Å². The summed E-state index contributed by atoms with van der Waals surface area (Å²) in [5.74, 6) is 2.12. The van der Waals surface area contributed by atoms with E-state index in [9.17, 15) is 5.11 Å². The summed E-state index contributed by atoms with van der Waals surface area (Å²) >= 11 is 0. The minimum atomic E-state index is -1.15. The van der Waals surface area contributed by atoms with Crippen molar-refractivity contribution in [3.63, 3.8) is 0 Å². The Morgan fingerprint density at radius 2 is 2.04 bits per heavy atom. The van der Waals surface area contributed by atoms with Gasteiger partial charge >= 0.3 is 0 Å². The number of methoxy groups -OCH3 is 1. The summed E-state index contributed by atoms with van der Waals surface area (Å²) in [5, 5.41) is 17.3. The number of hydrogen-bond acceptors (Lipinski definition) is 4. The number of rotatable bonds is 8. The van der Waals surface area contributed by atoms with Crippen molar-refractivity contribution in [2.24, 2.45) is 4.99 Å². The quantitative estimate of drug-likeness (QED) is 0.491. The largest absolute Gasteiger partial charge is 0.496 e. The van der Waals surface area contributed by atoms with Crippen LogP contribution in [0.25, 0.3) is 0 Å². The van der Waals surface area contributed by atoms with Crippen LogP contribution in [-0.2, 0) is 11.0 Å². The van der Waals surface area contributed by atoms with Gasteiger partial charge in [-0.3, -0.25) is 0 Å². The highest BCUT2D eigenvalue weighted by Gasteiger charge is 2.46. The fourth-order valence-electron chi connectivity index (χ4n) is 3.27. The molecule has 0 amide bonds. The number of aliphatic hydroxyl groups is 1. The van der Waals surface area contributed by atoms with Gasteiger partial charge in [-0.2, -0.15) is 0 Å². The van der Waals surface area contributed by atoms with E-state index in [1.807, 2.05) is 19.1 Å². The van der Waals surface area contributed by atoms with Gasteiger partial charge in [0.15, 0.2) is 5.96 Å². The maximum atomic E-state index is 10.6. The molecular formula is C21H29N3O3. The Labute approximate surface area is 160 Å². The molecule has 0 radical (unpaired) electrons. The number of hydrogen-bond donors (Lipinski definition) is 3. The maximum absolute atomic E-state index is 10.6. The van der Waals surface area contributed by atoms with Crippen LogP contribution in [0.4, 0.5) is 0 Å². The molecule has 1 unspecified atom stereocenters. The van der Waals surface area contributed by atoms with Crippen LogP contribution in [-0.4, -0.2) is 37.8 Å². The van der Waals surface area contributed by atoms with Crippen LogP contribution in [0.3, 0.4) is 0 Å². The Hall–Kier alpha value is -2.47. The molecule has 1 saturated carbocycles. The molecule has 2 aromatic rings. The first-order chi connectivity index (χ1) is 13.0. The second-order valence-corrected chi connectivity index (χ2v) is 7.28. The van der Waals surface area contributed by atoms with Crippen molar-refractivity contribution in [3.05, 3.63) is 54.0 Å². The summed E-state index contributed by atoms with van der Waals surface area (Å²) in [7, 11) is 1.71. The number of benzene rings is 1. The van der Waals surface area contributed by atoms with Gasteiger partial charge in [0.05, 0.1) is 19.9 Å². The summed E-state index contributed by atoms with van der Waals surface area (Å²) in [4.78, 5) is 4.56. The number of nitrogens with one attached hydrogen (secondary N) is 2. The number of aliphatic imine (C=N–C) groups is 1. The Kier molecular flexibility index (Phi) is 5.75. The van der Waals surface area contributed by atoms with E-state index in [-0.39, 0.29) is 12.0 Å². The molecule has 0 spiro atoms. The second-order valence-electron chi connectivity index (χ2n) is 7.28. The first-order valence-electron chi connectivity index (χ1n) is 9.43. The molecule has 0 saturated heterocycles. The van der Waals surface area contributed by atoms with E-state index in [2.05, 4.69) is 27.8 Å². The zero-order chi connectivity index (χ0) is 19.3. The average Bonchev–Trinajstić information content (AvgIpc) is 3.24. The van der Waals surface area contributed by atoms with E-state index < -0.39 is 5.60 Å². The monoisotopic (exact) mass is 371 g/mol. The van der Waals surface area contributed by atoms with E-state index in [1.54, 1.807) is 32.4 Å². The predicted octanol–water partition coefficient (Wildman–Crippen LogP) is 2.78. The van der Waals surface area contributed by atoms with Gasteiger partial charge in [0.2, 0.25) is 0 Å². The molecule has 1 fully saturated rings. The highest BCUT2D eigenvalue weighted by atomic mass is 16.5. The molecule has 1 heterocycles. The number of ether oxygens (including phenoxy) is 1. The average molecular weight is 371 g/mol. The van der Waals surface area contributed by atoms with Crippen molar-refractivity contribution in [1.29, 1.82) is 0 Å². The van der Waals surface area contributed by atoms with Crippen LogP contribution < -0.4 is 15.4 Å². The molecule has 1 aromatic heterocycles. The smallest absolute Gasteiger partial charge is 0.191 e. The molecule has 0 aliphatic heterocycles. The molecule has 1 aliphatic rings. The molecule has 1 aromatic carbocycles. The topological polar surface area (TPSA) is 79.0 Å². The summed E-state index contributed by atoms with van der Waals surface area (Å²) in [6.07, 6.45) is 3.79. The van der Waals surface area contributed by atoms with Crippen LogP contribution >= 0.6 is 0 Å². The van der Waals surface area contributed by atoms with E-state index in [1.165, 1.54) is 5.56 Å². The SMILES string of the molecule is CCNC(=NCC(C)(O)c1ccco1)NCC1(c2ccccc2OC)CC1. The lowest BCUT2D eigenvalue weighted by Crippen LogP contribution is -2.42. The number of para-hydroxylation sites is 1. The third-order valence-electron chi connectivity index (χ3n) is 5.07. The van der Waals surface area contributed by atoms with Crippen molar-refractivity contribution < 1.29 is 14.3 Å². The number of guanidine groups is 1. The molecule has 6 heteroatoms. The van der Waals surface area contributed by atoms with Crippen LogP contribution in [0.2, 0.25) is 0 Å². The van der Waals surface area contributed by atoms with Gasteiger partial charge in [-0.1, -0.05) is 18.2 Å². The standard InChI is InChI=1S/C21H29N3O3/c1-4-22-19(23-14-20(2,25)18-10-7-13-27-18)24-15-21(11-12-21)16-8-5-6-9-17(16)26-3/h5-10,13,25H,4,11-12,14-15H2,1-3H3,(H2,22,23,24). The zero-order valence-corrected chi connectivity index (χ0v) is 16.3. The van der Waals surface area contributed by atoms with E-state index in [4.69, 9.17) is 9.15 Å². The van der Waals surface area contributed by atoms with E-state index in [0.29, 0.717) is 11.7 Å². The van der Waals surface area contributed by atoms with Gasteiger partial charge < -0.3 is 24.9 Å². The highest BCUT2D eigenvalue weighted by Crippen LogP contribution is 2.50. The Morgan fingerprint density at radius 3 is 2.67 bits per heavy atom. The lowest BCUT2D eigenvalue weighted by molar-refractivity contribution is 0.0437. The minimum absolute atomic E-state index is 0.0757. The molecule has 1 atom stereocenters. The number of furan rings is 1. The van der Waals surface area contributed by atoms with Crippen LogP contribution in [0.15, 0.2) is 52.1 Å². The van der Waals surface area contributed by atoms with Gasteiger partial charge in [-0.05, 0) is 44.9 Å². The van der Waals surface area contributed by atoms with Crippen molar-refractivity contribution in [3.8, 4) is 5.75 Å². The first-order valence-corrected chi connectivity index (χ1v) is 9.43. The first kappa shape index (κ1) is 19.3. The van der Waals surface area contributed by atoms with Gasteiger partial charge in [0, 0.05) is 24.1 Å². The maximum Gasteiger partial charge on any atom is 0.191 e. The van der Waals surface area contributed by atoms with Crippen molar-refractivity contribution >= 4 is 5.96 Å². The third kappa shape index (κ3) is 4.45. The Balaban J connectivity index is 1.68. The fraction of sp³-hybridized carbons (Fsp3) is 0.476. The predicted molar refractivity (Wildman–Crippen MR) is 106 cm³/mol. The molecule has 3 N–H and O–H groups in total. The summed E-state index contributed by atoms with van der Waals surface area (Å²) in [5.41, 5.74) is 0.163. The van der Waals surface area contributed by atoms with Crippen molar-refractivity contribution in [2.45, 2.75) is 37.7 Å². The zero-order valence-electron chi connectivity index (χ0n) is 16.3. The Morgan fingerprint density at radius 1 is 1.26 bits per heavy atom. The molecule has 0 bridgehead atoms. The molecule has 146 valence electrons. The van der Waals surface area contributed by atoms with Crippen LogP contribution in [0.5, 0.6) is 5.75 Å². The van der Waals surface area contributed by atoms with Crippen LogP contribution in [0.1, 0.15) is 38.0 Å². The lowest BCUT2D eigenvalue weighted by atomic mass is 9.95. The van der Waals surface area contributed by atoms with Crippen molar-refractivity contribution in [1.82, 2.24) is 10.6 Å². The summed E-state index contributed by atoms with van der Waals surface area (Å²) in [6, 6.07) is 11.7. The molecule has 1 aliphatic carbocycles. The van der Waals surface area contributed by atoms with E-state index >= 15 is 0 Å². The van der Waals surface area contributed by atoms with Crippen molar-refractivity contribution in [2.75, 3.05) is 26.7 Å². The molecule has 6 nitrogen and oxygen atoms in total.